The first-order chi connectivity index (χ1) is 7.42. The maximum absolute atomic E-state index is 6.11. The number of rotatable bonds is 4. The van der Waals surface area contributed by atoms with Crippen molar-refractivity contribution < 1.29 is 0 Å². The molecule has 1 aromatic rings. The summed E-state index contributed by atoms with van der Waals surface area (Å²) >= 11 is 6.11. The molecule has 0 bridgehead atoms. The summed E-state index contributed by atoms with van der Waals surface area (Å²) in [5, 5.41) is 7.19. The van der Waals surface area contributed by atoms with Crippen LogP contribution in [0.25, 0.3) is 0 Å². The quantitative estimate of drug-likeness (QED) is 0.851. The molecule has 3 nitrogen and oxygen atoms in total. The second-order valence-corrected chi connectivity index (χ2v) is 5.22. The van der Waals surface area contributed by atoms with E-state index in [9.17, 15) is 0 Å². The van der Waals surface area contributed by atoms with E-state index in [0.717, 1.165) is 24.5 Å². The van der Waals surface area contributed by atoms with Crippen molar-refractivity contribution in [1.82, 2.24) is 10.3 Å². The first-order valence-corrected chi connectivity index (χ1v) is 5.93. The van der Waals surface area contributed by atoms with E-state index in [0.29, 0.717) is 5.02 Å². The summed E-state index contributed by atoms with van der Waals surface area (Å²) in [5.41, 5.74) is 1.20. The van der Waals surface area contributed by atoms with Gasteiger partial charge in [-0.05, 0) is 39.3 Å². The number of anilines is 1. The van der Waals surface area contributed by atoms with Crippen LogP contribution in [0.2, 0.25) is 5.02 Å². The molecule has 0 saturated carbocycles. The maximum atomic E-state index is 6.11. The molecule has 1 aromatic heterocycles. The van der Waals surface area contributed by atoms with Gasteiger partial charge in [-0.3, -0.25) is 0 Å². The Morgan fingerprint density at radius 2 is 2.06 bits per heavy atom. The van der Waals surface area contributed by atoms with E-state index >= 15 is 0 Å². The molecule has 0 unspecified atom stereocenters. The van der Waals surface area contributed by atoms with Crippen LogP contribution in [0.15, 0.2) is 12.3 Å². The molecule has 0 aliphatic rings. The molecular formula is C12H20ClN3. The average Bonchev–Trinajstić information content (AvgIpc) is 2.18. The Labute approximate surface area is 103 Å². The zero-order chi connectivity index (χ0) is 12.2. The van der Waals surface area contributed by atoms with Crippen LogP contribution in [0.4, 0.5) is 5.82 Å². The van der Waals surface area contributed by atoms with Crippen LogP contribution in [0.3, 0.4) is 0 Å². The minimum atomic E-state index is 0.104. The van der Waals surface area contributed by atoms with Crippen molar-refractivity contribution in [3.8, 4) is 0 Å². The molecule has 1 rings (SSSR count). The molecule has 0 saturated heterocycles. The fourth-order valence-corrected chi connectivity index (χ4v) is 1.49. The van der Waals surface area contributed by atoms with Crippen LogP contribution in [-0.4, -0.2) is 17.1 Å². The number of nitrogens with zero attached hydrogens (tertiary/aromatic N) is 1. The summed E-state index contributed by atoms with van der Waals surface area (Å²) in [7, 11) is 0. The van der Waals surface area contributed by atoms with Gasteiger partial charge in [0.05, 0.1) is 5.02 Å². The fraction of sp³-hybridized carbons (Fsp3) is 0.583. The molecule has 0 aromatic carbocycles. The highest BCUT2D eigenvalue weighted by atomic mass is 35.5. The number of hydrogen-bond acceptors (Lipinski definition) is 3. The monoisotopic (exact) mass is 241 g/mol. The molecule has 16 heavy (non-hydrogen) atoms. The second kappa shape index (κ2) is 5.51. The van der Waals surface area contributed by atoms with E-state index in [2.05, 4.69) is 36.4 Å². The first kappa shape index (κ1) is 13.3. The maximum Gasteiger partial charge on any atom is 0.144 e. The Kier molecular flexibility index (Phi) is 4.56. The Morgan fingerprint density at radius 3 is 2.56 bits per heavy atom. The summed E-state index contributed by atoms with van der Waals surface area (Å²) in [6, 6.07) is 1.95. The van der Waals surface area contributed by atoms with Gasteiger partial charge in [-0.1, -0.05) is 11.6 Å². The van der Waals surface area contributed by atoms with Crippen molar-refractivity contribution >= 4 is 17.4 Å². The van der Waals surface area contributed by atoms with Gasteiger partial charge in [-0.2, -0.15) is 0 Å². The third-order valence-corrected chi connectivity index (χ3v) is 2.35. The Balaban J connectivity index is 2.66. The van der Waals surface area contributed by atoms with E-state index in [1.807, 2.05) is 19.2 Å². The predicted molar refractivity (Wildman–Crippen MR) is 70.0 cm³/mol. The van der Waals surface area contributed by atoms with Crippen LogP contribution in [0.5, 0.6) is 0 Å². The molecule has 90 valence electrons. The molecule has 0 amide bonds. The minimum absolute atomic E-state index is 0.104. The van der Waals surface area contributed by atoms with Gasteiger partial charge in [0, 0.05) is 24.8 Å². The van der Waals surface area contributed by atoms with Crippen molar-refractivity contribution in [1.29, 1.82) is 0 Å². The summed E-state index contributed by atoms with van der Waals surface area (Å²) in [4.78, 5) is 4.29. The van der Waals surface area contributed by atoms with Crippen LogP contribution in [0, 0.1) is 0 Å². The molecular weight excluding hydrogens is 222 g/mol. The number of nitrogens with one attached hydrogen (secondary N) is 2. The highest BCUT2D eigenvalue weighted by molar-refractivity contribution is 6.32. The van der Waals surface area contributed by atoms with Gasteiger partial charge in [-0.25, -0.2) is 4.98 Å². The van der Waals surface area contributed by atoms with Crippen molar-refractivity contribution in [2.45, 2.75) is 39.8 Å². The van der Waals surface area contributed by atoms with Crippen molar-refractivity contribution in [3.63, 3.8) is 0 Å². The van der Waals surface area contributed by atoms with Gasteiger partial charge in [-0.15, -0.1) is 0 Å². The molecule has 4 heteroatoms. The molecule has 1 heterocycles. The van der Waals surface area contributed by atoms with Crippen LogP contribution < -0.4 is 10.6 Å². The van der Waals surface area contributed by atoms with Gasteiger partial charge in [0.15, 0.2) is 0 Å². The molecule has 0 radical (unpaired) electrons. The zero-order valence-corrected chi connectivity index (χ0v) is 11.2. The van der Waals surface area contributed by atoms with Crippen LogP contribution in [0.1, 0.15) is 33.3 Å². The van der Waals surface area contributed by atoms with E-state index in [4.69, 9.17) is 11.6 Å². The topological polar surface area (TPSA) is 37.0 Å². The lowest BCUT2D eigenvalue weighted by molar-refractivity contribution is 0.424. The first-order valence-electron chi connectivity index (χ1n) is 5.55. The SMILES string of the molecule is CCNc1ncc(CNC(C)(C)C)cc1Cl. The van der Waals surface area contributed by atoms with Crippen molar-refractivity contribution in [2.24, 2.45) is 0 Å². The molecule has 0 spiro atoms. The lowest BCUT2D eigenvalue weighted by Crippen LogP contribution is -2.35. The predicted octanol–water partition coefficient (Wildman–Crippen LogP) is 3.05. The van der Waals surface area contributed by atoms with Gasteiger partial charge in [0.2, 0.25) is 0 Å². The Bertz CT molecular complexity index is 345. The average molecular weight is 242 g/mol. The summed E-state index contributed by atoms with van der Waals surface area (Å²) in [5.74, 6) is 0.753. The van der Waals surface area contributed by atoms with E-state index in [1.54, 1.807) is 0 Å². The highest BCUT2D eigenvalue weighted by Crippen LogP contribution is 2.20. The van der Waals surface area contributed by atoms with Crippen molar-refractivity contribution in [2.75, 3.05) is 11.9 Å². The summed E-state index contributed by atoms with van der Waals surface area (Å²) < 4.78 is 0. The number of halogens is 1. The Hall–Kier alpha value is -0.800. The molecule has 2 N–H and O–H groups in total. The van der Waals surface area contributed by atoms with Gasteiger partial charge in [0.1, 0.15) is 5.82 Å². The van der Waals surface area contributed by atoms with Gasteiger partial charge >= 0.3 is 0 Å². The normalized spacial score (nSPS) is 11.6. The summed E-state index contributed by atoms with van der Waals surface area (Å²) in [6.07, 6.45) is 1.85. The molecule has 0 atom stereocenters. The smallest absolute Gasteiger partial charge is 0.144 e. The third-order valence-electron chi connectivity index (χ3n) is 2.06. The molecule has 0 fully saturated rings. The fourth-order valence-electron chi connectivity index (χ4n) is 1.24. The largest absolute Gasteiger partial charge is 0.369 e. The molecule has 0 aliphatic carbocycles. The molecule has 0 aliphatic heterocycles. The van der Waals surface area contributed by atoms with E-state index in [-0.39, 0.29) is 5.54 Å². The number of hydrogen-bond donors (Lipinski definition) is 2. The second-order valence-electron chi connectivity index (χ2n) is 4.81. The standard InChI is InChI=1S/C12H20ClN3/c1-5-14-11-10(13)6-9(7-15-11)8-16-12(2,3)4/h6-7,16H,5,8H2,1-4H3,(H,14,15). The highest BCUT2D eigenvalue weighted by Gasteiger charge is 2.09. The van der Waals surface area contributed by atoms with Crippen LogP contribution in [-0.2, 0) is 6.54 Å². The number of pyridine rings is 1. The zero-order valence-electron chi connectivity index (χ0n) is 10.4. The Morgan fingerprint density at radius 1 is 1.38 bits per heavy atom. The minimum Gasteiger partial charge on any atom is -0.369 e. The summed E-state index contributed by atoms with van der Waals surface area (Å²) in [6.45, 7) is 10.0. The lowest BCUT2D eigenvalue weighted by Gasteiger charge is -2.20. The lowest BCUT2D eigenvalue weighted by atomic mass is 10.1. The van der Waals surface area contributed by atoms with Crippen LogP contribution >= 0.6 is 11.6 Å². The van der Waals surface area contributed by atoms with Crippen molar-refractivity contribution in [3.05, 3.63) is 22.8 Å². The van der Waals surface area contributed by atoms with E-state index < -0.39 is 0 Å². The number of aromatic nitrogens is 1. The van der Waals surface area contributed by atoms with E-state index in [1.165, 1.54) is 0 Å². The van der Waals surface area contributed by atoms with Gasteiger partial charge in [0.25, 0.3) is 0 Å². The van der Waals surface area contributed by atoms with Gasteiger partial charge < -0.3 is 10.6 Å². The third kappa shape index (κ3) is 4.37.